The van der Waals surface area contributed by atoms with E-state index >= 15 is 0 Å². The molecular weight excluding hydrogens is 290 g/mol. The molecule has 2 N–H and O–H groups in total. The summed E-state index contributed by atoms with van der Waals surface area (Å²) < 4.78 is 0. The van der Waals surface area contributed by atoms with Crippen LogP contribution >= 0.6 is 11.3 Å². The van der Waals surface area contributed by atoms with E-state index in [0.29, 0.717) is 37.4 Å². The van der Waals surface area contributed by atoms with Crippen molar-refractivity contribution >= 4 is 29.1 Å². The van der Waals surface area contributed by atoms with Gasteiger partial charge < -0.3 is 15.5 Å². The Morgan fingerprint density at radius 1 is 1.52 bits per heavy atom. The Balaban J connectivity index is 1.69. The molecule has 1 unspecified atom stereocenters. The van der Waals surface area contributed by atoms with Crippen LogP contribution in [0.25, 0.3) is 0 Å². The van der Waals surface area contributed by atoms with Crippen molar-refractivity contribution in [3.63, 3.8) is 0 Å². The summed E-state index contributed by atoms with van der Waals surface area (Å²) in [5.74, 6) is -0.258. The summed E-state index contributed by atoms with van der Waals surface area (Å²) in [4.78, 5) is 37.5. The molecule has 2 heterocycles. The van der Waals surface area contributed by atoms with Crippen LogP contribution in [-0.4, -0.2) is 48.3 Å². The molecule has 0 saturated carbocycles. The van der Waals surface area contributed by atoms with E-state index in [0.717, 1.165) is 0 Å². The normalized spacial score (nSPS) is 18.2. The van der Waals surface area contributed by atoms with E-state index in [1.54, 1.807) is 17.9 Å². The van der Waals surface area contributed by atoms with Gasteiger partial charge in [-0.2, -0.15) is 0 Å². The summed E-state index contributed by atoms with van der Waals surface area (Å²) in [5, 5.41) is 7.36. The molecule has 7 heteroatoms. The van der Waals surface area contributed by atoms with Gasteiger partial charge in [-0.25, -0.2) is 0 Å². The maximum atomic E-state index is 12.1. The molecule has 2 rings (SSSR count). The Labute approximate surface area is 127 Å². The number of rotatable bonds is 5. The topological polar surface area (TPSA) is 78.5 Å². The first kappa shape index (κ1) is 15.5. The van der Waals surface area contributed by atoms with Crippen molar-refractivity contribution in [2.24, 2.45) is 0 Å². The van der Waals surface area contributed by atoms with Crippen LogP contribution in [0.15, 0.2) is 17.5 Å². The van der Waals surface area contributed by atoms with Gasteiger partial charge in [-0.3, -0.25) is 14.4 Å². The van der Waals surface area contributed by atoms with E-state index < -0.39 is 6.04 Å². The van der Waals surface area contributed by atoms with Gasteiger partial charge in [0.05, 0.1) is 4.88 Å². The number of thiophene rings is 1. The highest BCUT2D eigenvalue weighted by Crippen LogP contribution is 2.09. The maximum absolute atomic E-state index is 12.1. The molecule has 1 aromatic heterocycles. The van der Waals surface area contributed by atoms with Crippen LogP contribution in [0.1, 0.15) is 29.4 Å². The molecular formula is C14H19N3O3S. The van der Waals surface area contributed by atoms with Crippen molar-refractivity contribution in [2.45, 2.75) is 25.8 Å². The van der Waals surface area contributed by atoms with Crippen molar-refractivity contribution < 1.29 is 14.4 Å². The minimum Gasteiger partial charge on any atom is -0.353 e. The number of carbonyl (C=O) groups excluding carboxylic acids is 3. The monoisotopic (exact) mass is 309 g/mol. The summed E-state index contributed by atoms with van der Waals surface area (Å²) >= 11 is 1.39. The number of carbonyl (C=O) groups is 3. The fourth-order valence-corrected chi connectivity index (χ4v) is 2.84. The molecule has 1 fully saturated rings. The van der Waals surface area contributed by atoms with Gasteiger partial charge in [-0.1, -0.05) is 6.07 Å². The van der Waals surface area contributed by atoms with E-state index in [4.69, 9.17) is 0 Å². The molecule has 1 aromatic rings. The molecule has 0 spiro atoms. The van der Waals surface area contributed by atoms with Crippen LogP contribution in [0.4, 0.5) is 0 Å². The number of hydrogen-bond acceptors (Lipinski definition) is 4. The third-order valence-corrected chi connectivity index (χ3v) is 4.29. The molecule has 3 amide bonds. The van der Waals surface area contributed by atoms with Crippen molar-refractivity contribution in [1.82, 2.24) is 15.5 Å². The second-order valence-corrected chi connectivity index (χ2v) is 5.84. The van der Waals surface area contributed by atoms with Gasteiger partial charge in [0.15, 0.2) is 0 Å². The number of amides is 3. The predicted molar refractivity (Wildman–Crippen MR) is 80.1 cm³/mol. The Morgan fingerprint density at radius 2 is 2.33 bits per heavy atom. The molecule has 1 atom stereocenters. The highest BCUT2D eigenvalue weighted by Gasteiger charge is 2.28. The molecule has 0 bridgehead atoms. The second kappa shape index (κ2) is 7.21. The van der Waals surface area contributed by atoms with E-state index in [2.05, 4.69) is 10.6 Å². The minimum absolute atomic E-state index is 0.0391. The number of nitrogens with zero attached hydrogens (tertiary/aromatic N) is 1. The van der Waals surface area contributed by atoms with Crippen molar-refractivity contribution in [3.05, 3.63) is 22.4 Å². The summed E-state index contributed by atoms with van der Waals surface area (Å²) in [7, 11) is 0. The zero-order valence-corrected chi connectivity index (χ0v) is 12.7. The quantitative estimate of drug-likeness (QED) is 0.782. The first-order valence-corrected chi connectivity index (χ1v) is 7.86. The smallest absolute Gasteiger partial charge is 0.261 e. The van der Waals surface area contributed by atoms with E-state index in [1.807, 2.05) is 11.4 Å². The summed E-state index contributed by atoms with van der Waals surface area (Å²) in [6, 6.07) is 3.18. The molecule has 1 saturated heterocycles. The van der Waals surface area contributed by atoms with Gasteiger partial charge in [0.25, 0.3) is 5.91 Å². The zero-order chi connectivity index (χ0) is 15.2. The molecule has 21 heavy (non-hydrogen) atoms. The Kier molecular flexibility index (Phi) is 5.32. The third-order valence-electron chi connectivity index (χ3n) is 3.42. The number of hydrogen-bond donors (Lipinski definition) is 2. The first-order valence-electron chi connectivity index (χ1n) is 6.98. The van der Waals surface area contributed by atoms with Crippen LogP contribution in [0.2, 0.25) is 0 Å². The lowest BCUT2D eigenvalue weighted by molar-refractivity contribution is -0.142. The van der Waals surface area contributed by atoms with Crippen LogP contribution in [0.3, 0.4) is 0 Å². The van der Waals surface area contributed by atoms with Gasteiger partial charge in [0.1, 0.15) is 6.04 Å². The molecule has 114 valence electrons. The fraction of sp³-hybridized carbons (Fsp3) is 0.500. The van der Waals surface area contributed by atoms with Crippen LogP contribution in [-0.2, 0) is 9.59 Å². The van der Waals surface area contributed by atoms with Crippen LogP contribution in [0, 0.1) is 0 Å². The third kappa shape index (κ3) is 4.04. The summed E-state index contributed by atoms with van der Waals surface area (Å²) in [6.07, 6.45) is 0.906. The number of nitrogens with one attached hydrogen (secondary N) is 2. The molecule has 0 aromatic carbocycles. The zero-order valence-electron chi connectivity index (χ0n) is 11.9. The Hall–Kier alpha value is -1.89. The SMILES string of the molecule is CC1C(=O)NCCN1C(=O)CCCNC(=O)c1cccs1. The van der Waals surface area contributed by atoms with Gasteiger partial charge in [-0.15, -0.1) is 11.3 Å². The molecule has 1 aliphatic heterocycles. The average molecular weight is 309 g/mol. The highest BCUT2D eigenvalue weighted by molar-refractivity contribution is 7.12. The lowest BCUT2D eigenvalue weighted by Crippen LogP contribution is -2.55. The van der Waals surface area contributed by atoms with Crippen molar-refractivity contribution in [1.29, 1.82) is 0 Å². The van der Waals surface area contributed by atoms with E-state index in [9.17, 15) is 14.4 Å². The Bertz CT molecular complexity index is 516. The molecule has 0 aliphatic carbocycles. The average Bonchev–Trinajstić information content (AvgIpc) is 3.00. The summed E-state index contributed by atoms with van der Waals surface area (Å²) in [6.45, 7) is 3.24. The lowest BCUT2D eigenvalue weighted by atomic mass is 10.1. The van der Waals surface area contributed by atoms with Gasteiger partial charge >= 0.3 is 0 Å². The standard InChI is InChI=1S/C14H19N3O3S/c1-10-13(19)16-7-8-17(10)12(18)5-2-6-15-14(20)11-4-3-9-21-11/h3-4,9-10H,2,5-8H2,1H3,(H,15,20)(H,16,19). The van der Waals surface area contributed by atoms with Crippen molar-refractivity contribution in [2.75, 3.05) is 19.6 Å². The predicted octanol–water partition coefficient (Wildman–Crippen LogP) is 0.605. The first-order chi connectivity index (χ1) is 10.1. The number of piperazine rings is 1. The maximum Gasteiger partial charge on any atom is 0.261 e. The molecule has 1 aliphatic rings. The summed E-state index contributed by atoms with van der Waals surface area (Å²) in [5.41, 5.74) is 0. The largest absolute Gasteiger partial charge is 0.353 e. The fourth-order valence-electron chi connectivity index (χ4n) is 2.20. The lowest BCUT2D eigenvalue weighted by Gasteiger charge is -2.32. The van der Waals surface area contributed by atoms with Gasteiger partial charge in [0.2, 0.25) is 11.8 Å². The van der Waals surface area contributed by atoms with Crippen molar-refractivity contribution in [3.8, 4) is 0 Å². The van der Waals surface area contributed by atoms with Crippen LogP contribution < -0.4 is 10.6 Å². The highest BCUT2D eigenvalue weighted by atomic mass is 32.1. The van der Waals surface area contributed by atoms with E-state index in [1.165, 1.54) is 11.3 Å². The molecule has 0 radical (unpaired) electrons. The molecule has 6 nitrogen and oxygen atoms in total. The van der Waals surface area contributed by atoms with Crippen LogP contribution in [0.5, 0.6) is 0 Å². The van der Waals surface area contributed by atoms with Gasteiger partial charge in [-0.05, 0) is 24.8 Å². The Morgan fingerprint density at radius 3 is 3.05 bits per heavy atom. The minimum atomic E-state index is -0.410. The second-order valence-electron chi connectivity index (χ2n) is 4.89. The van der Waals surface area contributed by atoms with Gasteiger partial charge in [0, 0.05) is 26.1 Å². The van der Waals surface area contributed by atoms with E-state index in [-0.39, 0.29) is 17.7 Å².